The third kappa shape index (κ3) is 2.44. The summed E-state index contributed by atoms with van der Waals surface area (Å²) in [5, 5.41) is 6.64. The fraction of sp³-hybridized carbons (Fsp3) is 0.200. The number of nitrogens with zero attached hydrogens (tertiary/aromatic N) is 2. The van der Waals surface area contributed by atoms with Crippen molar-refractivity contribution in [3.8, 4) is 0 Å². The van der Waals surface area contributed by atoms with Gasteiger partial charge in [-0.2, -0.15) is 0 Å². The van der Waals surface area contributed by atoms with Gasteiger partial charge in [0.05, 0.1) is 11.6 Å². The van der Waals surface area contributed by atoms with E-state index in [0.717, 1.165) is 39.4 Å². The molecule has 0 fully saturated rings. The number of thiazole rings is 1. The summed E-state index contributed by atoms with van der Waals surface area (Å²) >= 11 is 1.71. The SMILES string of the molecule is Cc1cc2c(NCc3cnc(C)s3)ccc(N)c2cn1. The molecule has 0 unspecified atom stereocenters. The molecule has 0 aliphatic heterocycles. The Morgan fingerprint density at radius 2 is 2.00 bits per heavy atom. The van der Waals surface area contributed by atoms with Gasteiger partial charge in [0.1, 0.15) is 0 Å². The fourth-order valence-electron chi connectivity index (χ4n) is 2.19. The minimum absolute atomic E-state index is 0.756. The molecule has 2 aromatic heterocycles. The molecule has 2 heterocycles. The van der Waals surface area contributed by atoms with Gasteiger partial charge in [-0.3, -0.25) is 4.98 Å². The Morgan fingerprint density at radius 1 is 1.15 bits per heavy atom. The molecule has 0 saturated heterocycles. The summed E-state index contributed by atoms with van der Waals surface area (Å²) in [6.45, 7) is 4.77. The Hall–Kier alpha value is -2.14. The third-order valence-corrected chi connectivity index (χ3v) is 4.11. The van der Waals surface area contributed by atoms with E-state index in [1.54, 1.807) is 11.3 Å². The van der Waals surface area contributed by atoms with E-state index in [1.807, 2.05) is 38.4 Å². The monoisotopic (exact) mass is 284 g/mol. The van der Waals surface area contributed by atoms with E-state index in [0.29, 0.717) is 0 Å². The lowest BCUT2D eigenvalue weighted by Gasteiger charge is -2.11. The highest BCUT2D eigenvalue weighted by Gasteiger charge is 2.06. The zero-order valence-corrected chi connectivity index (χ0v) is 12.3. The van der Waals surface area contributed by atoms with Crippen LogP contribution in [0.1, 0.15) is 15.6 Å². The number of aromatic nitrogens is 2. The predicted octanol–water partition coefficient (Wildman–Crippen LogP) is 3.50. The smallest absolute Gasteiger partial charge is 0.0897 e. The number of hydrogen-bond acceptors (Lipinski definition) is 5. The maximum Gasteiger partial charge on any atom is 0.0897 e. The standard InChI is InChI=1S/C15H16N4S/c1-9-5-12-13(8-17-9)14(16)3-4-15(12)19-7-11-6-18-10(2)20-11/h3-6,8,19H,7,16H2,1-2H3. The van der Waals surface area contributed by atoms with E-state index in [4.69, 9.17) is 5.73 Å². The molecule has 102 valence electrons. The normalized spacial score (nSPS) is 10.9. The van der Waals surface area contributed by atoms with Crippen LogP contribution in [0.5, 0.6) is 0 Å². The molecule has 20 heavy (non-hydrogen) atoms. The number of benzene rings is 1. The van der Waals surface area contributed by atoms with Gasteiger partial charge in [0.25, 0.3) is 0 Å². The number of nitrogens with two attached hydrogens (primary N) is 1. The van der Waals surface area contributed by atoms with Crippen LogP contribution in [0.25, 0.3) is 10.8 Å². The quantitative estimate of drug-likeness (QED) is 0.722. The molecule has 3 rings (SSSR count). The number of pyridine rings is 1. The number of anilines is 2. The van der Waals surface area contributed by atoms with Crippen molar-refractivity contribution < 1.29 is 0 Å². The molecule has 1 aromatic carbocycles. The summed E-state index contributed by atoms with van der Waals surface area (Å²) in [6, 6.07) is 6.00. The van der Waals surface area contributed by atoms with E-state index in [9.17, 15) is 0 Å². The summed E-state index contributed by atoms with van der Waals surface area (Å²) in [6.07, 6.45) is 3.75. The van der Waals surface area contributed by atoms with Gasteiger partial charge in [-0.05, 0) is 32.0 Å². The van der Waals surface area contributed by atoms with Crippen LogP contribution in [0.2, 0.25) is 0 Å². The third-order valence-electron chi connectivity index (χ3n) is 3.19. The van der Waals surface area contributed by atoms with Gasteiger partial charge in [-0.15, -0.1) is 11.3 Å². The number of rotatable bonds is 3. The molecular formula is C15H16N4S. The predicted molar refractivity (Wildman–Crippen MR) is 85.1 cm³/mol. The molecule has 3 aromatic rings. The van der Waals surface area contributed by atoms with E-state index < -0.39 is 0 Å². The Bertz CT molecular complexity index is 764. The highest BCUT2D eigenvalue weighted by molar-refractivity contribution is 7.11. The second kappa shape index (κ2) is 5.09. The topological polar surface area (TPSA) is 63.8 Å². The van der Waals surface area contributed by atoms with Crippen molar-refractivity contribution in [2.45, 2.75) is 20.4 Å². The number of hydrogen-bond donors (Lipinski definition) is 2. The van der Waals surface area contributed by atoms with Crippen LogP contribution < -0.4 is 11.1 Å². The molecule has 0 aliphatic rings. The highest BCUT2D eigenvalue weighted by atomic mass is 32.1. The molecule has 0 spiro atoms. The maximum absolute atomic E-state index is 6.01. The van der Waals surface area contributed by atoms with Crippen molar-refractivity contribution in [2.75, 3.05) is 11.1 Å². The molecule has 0 saturated carbocycles. The van der Waals surface area contributed by atoms with Crippen molar-refractivity contribution in [3.05, 3.63) is 46.2 Å². The van der Waals surface area contributed by atoms with Gasteiger partial charge in [0.15, 0.2) is 0 Å². The lowest BCUT2D eigenvalue weighted by Crippen LogP contribution is -2.00. The zero-order valence-electron chi connectivity index (χ0n) is 11.5. The van der Waals surface area contributed by atoms with Gasteiger partial charge in [-0.1, -0.05) is 0 Å². The van der Waals surface area contributed by atoms with Crippen molar-refractivity contribution in [1.82, 2.24) is 9.97 Å². The van der Waals surface area contributed by atoms with Crippen molar-refractivity contribution in [2.24, 2.45) is 0 Å². The summed E-state index contributed by atoms with van der Waals surface area (Å²) in [7, 11) is 0. The number of nitrogen functional groups attached to an aromatic ring is 1. The van der Waals surface area contributed by atoms with Gasteiger partial charge in [0, 0.05) is 45.1 Å². The molecule has 0 radical (unpaired) electrons. The minimum Gasteiger partial charge on any atom is -0.398 e. The Kier molecular flexibility index (Phi) is 3.28. The van der Waals surface area contributed by atoms with Crippen molar-refractivity contribution >= 4 is 33.5 Å². The van der Waals surface area contributed by atoms with Crippen LogP contribution in [0.15, 0.2) is 30.6 Å². The number of nitrogens with one attached hydrogen (secondary N) is 1. The average molecular weight is 284 g/mol. The van der Waals surface area contributed by atoms with Gasteiger partial charge < -0.3 is 11.1 Å². The summed E-state index contributed by atoms with van der Waals surface area (Å²) in [5.74, 6) is 0. The summed E-state index contributed by atoms with van der Waals surface area (Å²) in [5.41, 5.74) is 8.83. The molecule has 5 heteroatoms. The van der Waals surface area contributed by atoms with Crippen molar-refractivity contribution in [1.29, 1.82) is 0 Å². The fourth-order valence-corrected chi connectivity index (χ4v) is 2.92. The minimum atomic E-state index is 0.756. The first kappa shape index (κ1) is 12.9. The lowest BCUT2D eigenvalue weighted by molar-refractivity contribution is 1.17. The van der Waals surface area contributed by atoms with Crippen molar-refractivity contribution in [3.63, 3.8) is 0 Å². The van der Waals surface area contributed by atoms with Crippen LogP contribution in [0, 0.1) is 13.8 Å². The molecule has 0 aliphatic carbocycles. The van der Waals surface area contributed by atoms with E-state index in [2.05, 4.69) is 21.4 Å². The average Bonchev–Trinajstić information content (AvgIpc) is 2.84. The summed E-state index contributed by atoms with van der Waals surface area (Å²) in [4.78, 5) is 9.80. The first-order valence-corrected chi connectivity index (χ1v) is 7.25. The van der Waals surface area contributed by atoms with E-state index in [1.165, 1.54) is 4.88 Å². The van der Waals surface area contributed by atoms with Crippen LogP contribution in [-0.4, -0.2) is 9.97 Å². The molecule has 4 nitrogen and oxygen atoms in total. The van der Waals surface area contributed by atoms with Crippen LogP contribution >= 0.6 is 11.3 Å². The molecular weight excluding hydrogens is 268 g/mol. The molecule has 0 atom stereocenters. The largest absolute Gasteiger partial charge is 0.398 e. The first-order valence-electron chi connectivity index (χ1n) is 6.43. The van der Waals surface area contributed by atoms with Crippen LogP contribution in [0.4, 0.5) is 11.4 Å². The van der Waals surface area contributed by atoms with Gasteiger partial charge in [0.2, 0.25) is 0 Å². The maximum atomic E-state index is 6.01. The van der Waals surface area contributed by atoms with Crippen LogP contribution in [-0.2, 0) is 6.54 Å². The zero-order chi connectivity index (χ0) is 14.1. The second-order valence-corrected chi connectivity index (χ2v) is 6.09. The Labute approximate surface area is 121 Å². The number of aryl methyl sites for hydroxylation is 2. The Morgan fingerprint density at radius 3 is 2.75 bits per heavy atom. The van der Waals surface area contributed by atoms with Gasteiger partial charge >= 0.3 is 0 Å². The van der Waals surface area contributed by atoms with Crippen LogP contribution in [0.3, 0.4) is 0 Å². The van der Waals surface area contributed by atoms with E-state index in [-0.39, 0.29) is 0 Å². The first-order chi connectivity index (χ1) is 9.63. The second-order valence-electron chi connectivity index (χ2n) is 4.77. The van der Waals surface area contributed by atoms with Gasteiger partial charge in [-0.25, -0.2) is 4.98 Å². The van der Waals surface area contributed by atoms with E-state index >= 15 is 0 Å². The molecule has 0 bridgehead atoms. The molecule has 3 N–H and O–H groups in total. The highest BCUT2D eigenvalue weighted by Crippen LogP contribution is 2.29. The Balaban J connectivity index is 1.95. The lowest BCUT2D eigenvalue weighted by atomic mass is 10.1. The number of fused-ring (bicyclic) bond motifs is 1. The molecule has 0 amide bonds. The summed E-state index contributed by atoms with van der Waals surface area (Å²) < 4.78 is 0.